The molecule has 23 heavy (non-hydrogen) atoms. The zero-order valence-corrected chi connectivity index (χ0v) is 14.3. The van der Waals surface area contributed by atoms with Crippen LogP contribution < -0.4 is 10.2 Å². The fourth-order valence-electron chi connectivity index (χ4n) is 2.85. The predicted octanol–water partition coefficient (Wildman–Crippen LogP) is 1.70. The number of nitrogens with zero attached hydrogens (tertiary/aromatic N) is 2. The zero-order chi connectivity index (χ0) is 17.0. The van der Waals surface area contributed by atoms with Crippen molar-refractivity contribution in [2.24, 2.45) is 0 Å². The maximum absolute atomic E-state index is 12.0. The number of amides is 2. The van der Waals surface area contributed by atoms with Gasteiger partial charge in [-0.25, -0.2) is 4.79 Å². The van der Waals surface area contributed by atoms with Gasteiger partial charge in [-0.05, 0) is 38.0 Å². The van der Waals surface area contributed by atoms with Gasteiger partial charge in [-0.2, -0.15) is 0 Å². The van der Waals surface area contributed by atoms with Crippen molar-refractivity contribution >= 4 is 17.7 Å². The summed E-state index contributed by atoms with van der Waals surface area (Å²) in [7, 11) is 1.25. The van der Waals surface area contributed by atoms with Crippen LogP contribution in [-0.4, -0.2) is 56.2 Å². The topological polar surface area (TPSA) is 61.9 Å². The van der Waals surface area contributed by atoms with Crippen LogP contribution in [0.4, 0.5) is 10.5 Å². The van der Waals surface area contributed by atoms with E-state index >= 15 is 0 Å². The highest BCUT2D eigenvalue weighted by atomic mass is 16.5. The third-order valence-electron chi connectivity index (χ3n) is 4.57. The molecule has 6 heteroatoms. The van der Waals surface area contributed by atoms with Crippen LogP contribution in [0, 0.1) is 13.8 Å². The first-order valence-corrected chi connectivity index (χ1v) is 7.88. The summed E-state index contributed by atoms with van der Waals surface area (Å²) in [6, 6.07) is 5.99. The smallest absolute Gasteiger partial charge is 0.413 e. The van der Waals surface area contributed by atoms with E-state index in [4.69, 9.17) is 0 Å². The number of nitrogens with one attached hydrogen (secondary N) is 1. The maximum atomic E-state index is 12.0. The highest BCUT2D eigenvalue weighted by Gasteiger charge is 2.27. The molecular weight excluding hydrogens is 294 g/mol. The number of anilines is 1. The molecule has 1 fully saturated rings. The van der Waals surface area contributed by atoms with Gasteiger partial charge in [0.05, 0.1) is 13.2 Å². The van der Waals surface area contributed by atoms with Crippen LogP contribution in [0.25, 0.3) is 0 Å². The summed E-state index contributed by atoms with van der Waals surface area (Å²) in [6.07, 6.45) is -0.712. The fraction of sp³-hybridized carbons (Fsp3) is 0.529. The molecule has 2 amide bonds. The van der Waals surface area contributed by atoms with E-state index < -0.39 is 6.09 Å². The van der Waals surface area contributed by atoms with Gasteiger partial charge >= 0.3 is 6.09 Å². The Bertz CT molecular complexity index is 580. The van der Waals surface area contributed by atoms with E-state index in [2.05, 4.69) is 51.9 Å². The van der Waals surface area contributed by atoms with Crippen molar-refractivity contribution in [3.63, 3.8) is 0 Å². The number of alkyl carbamates (subject to hydrolysis) is 1. The van der Waals surface area contributed by atoms with Crippen molar-refractivity contribution in [3.05, 3.63) is 29.3 Å². The molecule has 0 unspecified atom stereocenters. The Balaban J connectivity index is 1.94. The second kappa shape index (κ2) is 7.46. The van der Waals surface area contributed by atoms with Gasteiger partial charge in [-0.1, -0.05) is 12.1 Å². The number of rotatable bonds is 3. The van der Waals surface area contributed by atoms with Crippen LogP contribution >= 0.6 is 0 Å². The van der Waals surface area contributed by atoms with Gasteiger partial charge in [0, 0.05) is 31.9 Å². The molecule has 1 atom stereocenters. The SMILES string of the molecule is COC(=O)NC(=O)[C@@H](C)N1CCN(c2cccc(C)c2C)CC1. The number of hydrogen-bond donors (Lipinski definition) is 1. The van der Waals surface area contributed by atoms with Gasteiger partial charge in [0.1, 0.15) is 0 Å². The molecular formula is C17H25N3O3. The molecule has 0 bridgehead atoms. The number of carbonyl (C=O) groups is 2. The molecule has 1 aromatic rings. The Labute approximate surface area is 137 Å². The molecule has 1 saturated heterocycles. The predicted molar refractivity (Wildman–Crippen MR) is 89.7 cm³/mol. The lowest BCUT2D eigenvalue weighted by molar-refractivity contribution is -0.125. The van der Waals surface area contributed by atoms with Crippen LogP contribution in [0.1, 0.15) is 18.1 Å². The second-order valence-electron chi connectivity index (χ2n) is 5.90. The van der Waals surface area contributed by atoms with Crippen LogP contribution in [0.5, 0.6) is 0 Å². The van der Waals surface area contributed by atoms with Crippen molar-refractivity contribution in [1.29, 1.82) is 0 Å². The lowest BCUT2D eigenvalue weighted by Crippen LogP contribution is -2.54. The molecule has 1 aliphatic rings. The second-order valence-corrected chi connectivity index (χ2v) is 5.90. The molecule has 0 aromatic heterocycles. The highest BCUT2D eigenvalue weighted by Crippen LogP contribution is 2.24. The van der Waals surface area contributed by atoms with Crippen molar-refractivity contribution in [2.75, 3.05) is 38.2 Å². The van der Waals surface area contributed by atoms with Gasteiger partial charge in [0.2, 0.25) is 5.91 Å². The van der Waals surface area contributed by atoms with Crippen LogP contribution in [0.3, 0.4) is 0 Å². The number of imide groups is 1. The number of benzene rings is 1. The first-order chi connectivity index (χ1) is 10.9. The van der Waals surface area contributed by atoms with Gasteiger partial charge in [0.15, 0.2) is 0 Å². The van der Waals surface area contributed by atoms with E-state index in [0.717, 1.165) is 26.2 Å². The van der Waals surface area contributed by atoms with E-state index in [1.54, 1.807) is 0 Å². The van der Waals surface area contributed by atoms with Gasteiger partial charge in [-0.15, -0.1) is 0 Å². The standard InChI is InChI=1S/C17H25N3O3/c1-12-6-5-7-15(13(12)2)20-10-8-19(9-11-20)14(3)16(21)18-17(22)23-4/h5-7,14H,8-11H2,1-4H3,(H,18,21,22)/t14-/m1/s1. The molecule has 0 spiro atoms. The monoisotopic (exact) mass is 319 g/mol. The minimum absolute atomic E-state index is 0.322. The van der Waals surface area contributed by atoms with Gasteiger partial charge in [0.25, 0.3) is 0 Å². The highest BCUT2D eigenvalue weighted by molar-refractivity contribution is 5.94. The molecule has 2 rings (SSSR count). The maximum Gasteiger partial charge on any atom is 0.413 e. The molecule has 1 aromatic carbocycles. The summed E-state index contributed by atoms with van der Waals surface area (Å²) in [5.74, 6) is -0.322. The average molecular weight is 319 g/mol. The zero-order valence-electron chi connectivity index (χ0n) is 14.3. The Hall–Kier alpha value is -2.08. The van der Waals surface area contributed by atoms with E-state index in [9.17, 15) is 9.59 Å². The largest absolute Gasteiger partial charge is 0.453 e. The average Bonchev–Trinajstić information content (AvgIpc) is 2.56. The summed E-state index contributed by atoms with van der Waals surface area (Å²) in [5.41, 5.74) is 3.85. The number of carbonyl (C=O) groups excluding carboxylic acids is 2. The van der Waals surface area contributed by atoms with Crippen molar-refractivity contribution in [2.45, 2.75) is 26.8 Å². The van der Waals surface area contributed by atoms with Crippen LogP contribution in [-0.2, 0) is 9.53 Å². The van der Waals surface area contributed by atoms with E-state index in [0.29, 0.717) is 0 Å². The first-order valence-electron chi connectivity index (χ1n) is 7.88. The van der Waals surface area contributed by atoms with Crippen molar-refractivity contribution in [1.82, 2.24) is 10.2 Å². The normalized spacial score (nSPS) is 16.8. The van der Waals surface area contributed by atoms with E-state index in [-0.39, 0.29) is 11.9 Å². The van der Waals surface area contributed by atoms with Gasteiger partial charge in [-0.3, -0.25) is 15.0 Å². The molecule has 0 saturated carbocycles. The Kier molecular flexibility index (Phi) is 5.60. The third kappa shape index (κ3) is 4.01. The van der Waals surface area contributed by atoms with Crippen molar-refractivity contribution in [3.8, 4) is 0 Å². The van der Waals surface area contributed by atoms with E-state index in [1.165, 1.54) is 23.9 Å². The lowest BCUT2D eigenvalue weighted by atomic mass is 10.1. The number of piperazine rings is 1. The molecule has 1 N–H and O–H groups in total. The number of ether oxygens (including phenoxy) is 1. The molecule has 1 aliphatic heterocycles. The molecule has 0 aliphatic carbocycles. The summed E-state index contributed by atoms with van der Waals surface area (Å²) in [5, 5.41) is 2.23. The Morgan fingerprint density at radius 1 is 1.17 bits per heavy atom. The quantitative estimate of drug-likeness (QED) is 0.919. The number of aryl methyl sites for hydroxylation is 1. The van der Waals surface area contributed by atoms with Crippen LogP contribution in [0.15, 0.2) is 18.2 Å². The fourth-order valence-corrected chi connectivity index (χ4v) is 2.85. The molecule has 126 valence electrons. The first kappa shape index (κ1) is 17.3. The summed E-state index contributed by atoms with van der Waals surface area (Å²) < 4.78 is 4.46. The van der Waals surface area contributed by atoms with E-state index in [1.807, 2.05) is 6.92 Å². The molecule has 0 radical (unpaired) electrons. The Morgan fingerprint density at radius 3 is 2.43 bits per heavy atom. The molecule has 6 nitrogen and oxygen atoms in total. The summed E-state index contributed by atoms with van der Waals surface area (Å²) in [4.78, 5) is 27.6. The van der Waals surface area contributed by atoms with Gasteiger partial charge < -0.3 is 9.64 Å². The molecule has 1 heterocycles. The lowest BCUT2D eigenvalue weighted by Gasteiger charge is -2.39. The summed E-state index contributed by atoms with van der Waals surface area (Å²) in [6.45, 7) is 9.36. The Morgan fingerprint density at radius 2 is 1.83 bits per heavy atom. The summed E-state index contributed by atoms with van der Waals surface area (Å²) >= 11 is 0. The third-order valence-corrected chi connectivity index (χ3v) is 4.57. The van der Waals surface area contributed by atoms with Crippen molar-refractivity contribution < 1.29 is 14.3 Å². The van der Waals surface area contributed by atoms with Crippen LogP contribution in [0.2, 0.25) is 0 Å². The minimum Gasteiger partial charge on any atom is -0.453 e. The number of methoxy groups -OCH3 is 1. The number of hydrogen-bond acceptors (Lipinski definition) is 5. The minimum atomic E-state index is -0.712.